The second kappa shape index (κ2) is 11.4. The number of carbonyl (C=O) groups is 3. The summed E-state index contributed by atoms with van der Waals surface area (Å²) in [6.07, 6.45) is 1.53. The number of hydrogen-bond acceptors (Lipinski definition) is 5. The Morgan fingerprint density at radius 1 is 1.00 bits per heavy atom. The minimum Gasteiger partial charge on any atom is -0.480 e. The number of aliphatic carboxylic acids is 1. The van der Waals surface area contributed by atoms with Crippen molar-refractivity contribution in [3.63, 3.8) is 0 Å². The Balaban J connectivity index is 1.19. The number of methoxy groups -OCH3 is 1. The minimum absolute atomic E-state index is 0.0269. The van der Waals surface area contributed by atoms with Crippen LogP contribution in [0.4, 0.5) is 4.79 Å². The van der Waals surface area contributed by atoms with Crippen LogP contribution in [-0.2, 0) is 19.1 Å². The fourth-order valence-electron chi connectivity index (χ4n) is 5.12. The topological polar surface area (TPSA) is 105 Å². The smallest absolute Gasteiger partial charge is 0.407 e. The fraction of sp³-hybridized carbons (Fsp3) is 0.444. The monoisotopic (exact) mass is 480 g/mol. The lowest BCUT2D eigenvalue weighted by Gasteiger charge is -2.36. The third kappa shape index (κ3) is 6.00. The van der Waals surface area contributed by atoms with Gasteiger partial charge in [-0.05, 0) is 46.9 Å². The maximum absolute atomic E-state index is 12.5. The molecule has 8 heteroatoms. The van der Waals surface area contributed by atoms with Gasteiger partial charge in [-0.15, -0.1) is 0 Å². The molecule has 2 aromatic carbocycles. The Labute approximate surface area is 205 Å². The average molecular weight is 481 g/mol. The molecule has 2 aromatic rings. The Bertz CT molecular complexity index is 1020. The summed E-state index contributed by atoms with van der Waals surface area (Å²) in [5, 5.41) is 11.9. The van der Waals surface area contributed by atoms with Gasteiger partial charge in [-0.2, -0.15) is 0 Å². The number of carboxylic acid groups (broad SMARTS) is 1. The van der Waals surface area contributed by atoms with Crippen LogP contribution >= 0.6 is 0 Å². The van der Waals surface area contributed by atoms with Crippen LogP contribution in [0.3, 0.4) is 0 Å². The van der Waals surface area contributed by atoms with E-state index in [1.165, 1.54) is 34.3 Å². The van der Waals surface area contributed by atoms with Gasteiger partial charge in [-0.3, -0.25) is 9.59 Å². The van der Waals surface area contributed by atoms with Crippen molar-refractivity contribution >= 4 is 18.0 Å². The minimum atomic E-state index is -1.03. The first-order valence-corrected chi connectivity index (χ1v) is 12.0. The molecule has 8 nitrogen and oxygen atoms in total. The van der Waals surface area contributed by atoms with Crippen molar-refractivity contribution in [2.24, 2.45) is 11.8 Å². The first-order valence-electron chi connectivity index (χ1n) is 12.0. The zero-order valence-corrected chi connectivity index (χ0v) is 19.9. The molecule has 35 heavy (non-hydrogen) atoms. The molecule has 2 N–H and O–H groups in total. The number of benzene rings is 2. The van der Waals surface area contributed by atoms with Gasteiger partial charge in [0.05, 0.1) is 6.61 Å². The van der Waals surface area contributed by atoms with Gasteiger partial charge in [-0.25, -0.2) is 4.79 Å². The average Bonchev–Trinajstić information content (AvgIpc) is 3.15. The van der Waals surface area contributed by atoms with Crippen molar-refractivity contribution in [1.29, 1.82) is 0 Å². The van der Waals surface area contributed by atoms with Crippen molar-refractivity contribution in [3.8, 4) is 11.1 Å². The van der Waals surface area contributed by atoms with E-state index >= 15 is 0 Å². The highest BCUT2D eigenvalue weighted by molar-refractivity contribution is 5.81. The third-order valence-corrected chi connectivity index (χ3v) is 6.92. The molecule has 0 spiro atoms. The maximum atomic E-state index is 12.5. The summed E-state index contributed by atoms with van der Waals surface area (Å²) >= 11 is 0. The van der Waals surface area contributed by atoms with Gasteiger partial charge >= 0.3 is 12.1 Å². The van der Waals surface area contributed by atoms with E-state index in [1.807, 2.05) is 24.3 Å². The van der Waals surface area contributed by atoms with Gasteiger partial charge in [0, 0.05) is 32.5 Å². The fourth-order valence-corrected chi connectivity index (χ4v) is 5.12. The molecule has 2 amide bonds. The molecule has 0 atom stereocenters. The molecule has 0 aromatic heterocycles. The lowest BCUT2D eigenvalue weighted by molar-refractivity contribution is -0.145. The van der Waals surface area contributed by atoms with Gasteiger partial charge in [0.25, 0.3) is 0 Å². The molecule has 4 rings (SSSR count). The van der Waals surface area contributed by atoms with E-state index in [-0.39, 0.29) is 37.4 Å². The summed E-state index contributed by atoms with van der Waals surface area (Å²) < 4.78 is 10.5. The molecule has 0 heterocycles. The summed E-state index contributed by atoms with van der Waals surface area (Å²) in [7, 11) is 1.52. The normalized spacial score (nSPS) is 18.2. The standard InChI is InChI=1S/C27H32N2O6/c1-34-11-10-29(16-26(31)32)25(30)14-18-12-19(13-18)15-28-27(33)35-17-24-22-8-4-2-6-20(22)21-7-3-5-9-23(21)24/h2-9,18-19,24H,10-17H2,1H3,(H,28,33)(H,31,32). The van der Waals surface area contributed by atoms with Gasteiger partial charge in [-0.1, -0.05) is 48.5 Å². The quantitative estimate of drug-likeness (QED) is 0.510. The molecular weight excluding hydrogens is 448 g/mol. The highest BCUT2D eigenvalue weighted by Crippen LogP contribution is 2.44. The molecule has 2 aliphatic carbocycles. The van der Waals surface area contributed by atoms with E-state index in [1.54, 1.807) is 0 Å². The van der Waals surface area contributed by atoms with E-state index in [9.17, 15) is 14.4 Å². The van der Waals surface area contributed by atoms with E-state index in [4.69, 9.17) is 14.6 Å². The number of ether oxygens (including phenoxy) is 2. The lowest BCUT2D eigenvalue weighted by Crippen LogP contribution is -2.42. The van der Waals surface area contributed by atoms with Crippen LogP contribution in [0.25, 0.3) is 11.1 Å². The Kier molecular flexibility index (Phi) is 8.02. The summed E-state index contributed by atoms with van der Waals surface area (Å²) in [6, 6.07) is 16.4. The molecule has 0 bridgehead atoms. The molecule has 2 aliphatic rings. The Morgan fingerprint density at radius 3 is 2.23 bits per heavy atom. The first-order chi connectivity index (χ1) is 17.0. The van der Waals surface area contributed by atoms with Crippen molar-refractivity contribution in [2.75, 3.05) is 40.0 Å². The molecule has 1 fully saturated rings. The highest BCUT2D eigenvalue weighted by atomic mass is 16.5. The molecule has 186 valence electrons. The predicted octanol–water partition coefficient (Wildman–Crippen LogP) is 3.50. The molecule has 0 unspecified atom stereocenters. The third-order valence-electron chi connectivity index (χ3n) is 6.92. The van der Waals surface area contributed by atoms with Crippen LogP contribution < -0.4 is 5.32 Å². The van der Waals surface area contributed by atoms with Gasteiger partial charge in [0.2, 0.25) is 5.91 Å². The van der Waals surface area contributed by atoms with Gasteiger partial charge in [0.1, 0.15) is 13.2 Å². The SMILES string of the molecule is COCCN(CC(=O)O)C(=O)CC1CC(CNC(=O)OCC2c3ccccc3-c3ccccc32)C1. The molecule has 0 aliphatic heterocycles. The summed E-state index contributed by atoms with van der Waals surface area (Å²) in [5.74, 6) is -0.680. The molecular formula is C27H32N2O6. The van der Waals surface area contributed by atoms with Gasteiger partial charge in [0.15, 0.2) is 0 Å². The zero-order valence-electron chi connectivity index (χ0n) is 19.9. The van der Waals surface area contributed by atoms with Crippen molar-refractivity contribution in [2.45, 2.75) is 25.2 Å². The second-order valence-corrected chi connectivity index (χ2v) is 9.32. The highest BCUT2D eigenvalue weighted by Gasteiger charge is 2.33. The van der Waals surface area contributed by atoms with E-state index in [0.717, 1.165) is 12.8 Å². The summed E-state index contributed by atoms with van der Waals surface area (Å²) in [4.78, 5) is 37.2. The number of rotatable bonds is 11. The number of hydrogen-bond donors (Lipinski definition) is 2. The van der Waals surface area contributed by atoms with Crippen LogP contribution in [0.1, 0.15) is 36.3 Å². The molecule has 0 saturated heterocycles. The zero-order chi connectivity index (χ0) is 24.8. The van der Waals surface area contributed by atoms with Crippen LogP contribution in [0.2, 0.25) is 0 Å². The first kappa shape index (κ1) is 24.7. The van der Waals surface area contributed by atoms with E-state index in [2.05, 4.69) is 29.6 Å². The largest absolute Gasteiger partial charge is 0.480 e. The molecule has 0 radical (unpaired) electrons. The molecule has 1 saturated carbocycles. The van der Waals surface area contributed by atoms with E-state index < -0.39 is 12.1 Å². The van der Waals surface area contributed by atoms with Crippen LogP contribution in [0.15, 0.2) is 48.5 Å². The Hall–Kier alpha value is -3.39. The number of nitrogens with one attached hydrogen (secondary N) is 1. The van der Waals surface area contributed by atoms with Crippen molar-refractivity contribution in [3.05, 3.63) is 59.7 Å². The predicted molar refractivity (Wildman–Crippen MR) is 130 cm³/mol. The van der Waals surface area contributed by atoms with Crippen molar-refractivity contribution < 1.29 is 29.0 Å². The number of nitrogens with zero attached hydrogens (tertiary/aromatic N) is 1. The van der Waals surface area contributed by atoms with Gasteiger partial charge < -0.3 is 24.8 Å². The number of fused-ring (bicyclic) bond motifs is 3. The maximum Gasteiger partial charge on any atom is 0.407 e. The second-order valence-electron chi connectivity index (χ2n) is 9.32. The van der Waals surface area contributed by atoms with Crippen LogP contribution in [0.5, 0.6) is 0 Å². The Morgan fingerprint density at radius 2 is 1.63 bits per heavy atom. The number of carbonyl (C=O) groups excluding carboxylic acids is 2. The summed E-state index contributed by atoms with van der Waals surface area (Å²) in [6.45, 7) is 1.03. The number of carboxylic acids is 1. The number of alkyl carbamates (subject to hydrolysis) is 1. The number of amides is 2. The van der Waals surface area contributed by atoms with Crippen LogP contribution in [-0.4, -0.2) is 67.9 Å². The van der Waals surface area contributed by atoms with Crippen molar-refractivity contribution in [1.82, 2.24) is 10.2 Å². The summed E-state index contributed by atoms with van der Waals surface area (Å²) in [5.41, 5.74) is 4.73. The lowest BCUT2D eigenvalue weighted by atomic mass is 9.73. The van der Waals surface area contributed by atoms with Crippen LogP contribution in [0, 0.1) is 11.8 Å². The van der Waals surface area contributed by atoms with E-state index in [0.29, 0.717) is 25.5 Å².